The normalized spacial score (nSPS) is 28.2. The number of halogens is 4. The standard InChI is InChI=1S/C21H19ClF3N3O4/c1-20(2)31-15-14(13(29)10-3-5-11(6-4-10)21(23,24)25)30-19(16(15)32-20)28-8-7-12-17(22)26-9-27-18(12)28/h3-9,13-16,19,29H,1-2H3/t13?,14-,15-,16-,19-/m1/s1. The Morgan fingerprint density at radius 1 is 1.09 bits per heavy atom. The molecule has 5 rings (SSSR count). The van der Waals surface area contributed by atoms with E-state index in [1.807, 2.05) is 0 Å². The zero-order valence-electron chi connectivity index (χ0n) is 17.0. The smallest absolute Gasteiger partial charge is 0.386 e. The maximum atomic E-state index is 12.9. The lowest BCUT2D eigenvalue weighted by Gasteiger charge is -2.27. The van der Waals surface area contributed by atoms with Crippen molar-refractivity contribution in [1.82, 2.24) is 14.5 Å². The van der Waals surface area contributed by atoms with Crippen molar-refractivity contribution in [1.29, 1.82) is 0 Å². The van der Waals surface area contributed by atoms with Crippen LogP contribution in [0.25, 0.3) is 11.0 Å². The molecule has 7 nitrogen and oxygen atoms in total. The third-order valence-corrected chi connectivity index (χ3v) is 5.99. The summed E-state index contributed by atoms with van der Waals surface area (Å²) in [6.45, 7) is 3.49. The first-order valence-electron chi connectivity index (χ1n) is 9.88. The van der Waals surface area contributed by atoms with Gasteiger partial charge in [-0.25, -0.2) is 9.97 Å². The minimum atomic E-state index is -4.46. The minimum absolute atomic E-state index is 0.276. The van der Waals surface area contributed by atoms with Gasteiger partial charge in [-0.3, -0.25) is 0 Å². The summed E-state index contributed by atoms with van der Waals surface area (Å²) in [5.74, 6) is -0.939. The fourth-order valence-electron chi connectivity index (χ4n) is 4.29. The molecule has 1 N–H and O–H groups in total. The van der Waals surface area contributed by atoms with E-state index in [0.29, 0.717) is 11.0 Å². The molecule has 0 bridgehead atoms. The van der Waals surface area contributed by atoms with Crippen molar-refractivity contribution in [3.8, 4) is 0 Å². The molecule has 2 aliphatic rings. The molecule has 0 spiro atoms. The van der Waals surface area contributed by atoms with Crippen LogP contribution in [0.1, 0.15) is 37.3 Å². The summed E-state index contributed by atoms with van der Waals surface area (Å²) in [5, 5.41) is 11.9. The maximum Gasteiger partial charge on any atom is 0.416 e. The number of benzene rings is 1. The Morgan fingerprint density at radius 3 is 2.47 bits per heavy atom. The third kappa shape index (κ3) is 3.56. The van der Waals surface area contributed by atoms with E-state index in [1.165, 1.54) is 18.5 Å². The van der Waals surface area contributed by atoms with E-state index in [4.69, 9.17) is 25.8 Å². The summed E-state index contributed by atoms with van der Waals surface area (Å²) in [7, 11) is 0. The molecule has 0 radical (unpaired) electrons. The molecule has 1 aromatic carbocycles. The Labute approximate surface area is 185 Å². The lowest BCUT2D eigenvalue weighted by atomic mass is 9.98. The Kier molecular flexibility index (Phi) is 4.99. The highest BCUT2D eigenvalue weighted by molar-refractivity contribution is 6.33. The quantitative estimate of drug-likeness (QED) is 0.578. The number of alkyl halides is 3. The predicted molar refractivity (Wildman–Crippen MR) is 107 cm³/mol. The fraction of sp³-hybridized carbons (Fsp3) is 0.429. The van der Waals surface area contributed by atoms with Crippen LogP contribution in [0.2, 0.25) is 5.15 Å². The number of aromatic nitrogens is 3. The Hall–Kier alpha value is -2.24. The monoisotopic (exact) mass is 469 g/mol. The number of aliphatic hydroxyl groups is 1. The van der Waals surface area contributed by atoms with Crippen LogP contribution in [0.15, 0.2) is 42.9 Å². The molecule has 0 saturated carbocycles. The molecule has 2 aliphatic heterocycles. The second kappa shape index (κ2) is 7.39. The number of hydrogen-bond acceptors (Lipinski definition) is 6. The minimum Gasteiger partial charge on any atom is -0.386 e. The average molecular weight is 470 g/mol. The molecule has 1 unspecified atom stereocenters. The van der Waals surface area contributed by atoms with Crippen LogP contribution < -0.4 is 0 Å². The van der Waals surface area contributed by atoms with Crippen molar-refractivity contribution < 1.29 is 32.5 Å². The highest BCUT2D eigenvalue weighted by Crippen LogP contribution is 2.47. The van der Waals surface area contributed by atoms with Gasteiger partial charge in [0.15, 0.2) is 12.0 Å². The molecule has 2 saturated heterocycles. The van der Waals surface area contributed by atoms with Gasteiger partial charge in [-0.2, -0.15) is 13.2 Å². The Morgan fingerprint density at radius 2 is 1.78 bits per heavy atom. The van der Waals surface area contributed by atoms with Gasteiger partial charge in [-0.05, 0) is 37.6 Å². The molecule has 2 aromatic heterocycles. The van der Waals surface area contributed by atoms with Crippen molar-refractivity contribution in [2.24, 2.45) is 0 Å². The van der Waals surface area contributed by atoms with E-state index < -0.39 is 48.2 Å². The molecule has 4 heterocycles. The van der Waals surface area contributed by atoms with E-state index in [-0.39, 0.29) is 10.7 Å². The number of hydrogen-bond donors (Lipinski definition) is 1. The molecular formula is C21H19ClF3N3O4. The van der Waals surface area contributed by atoms with Gasteiger partial charge in [-0.1, -0.05) is 23.7 Å². The maximum absolute atomic E-state index is 12.9. The number of nitrogens with zero attached hydrogens (tertiary/aromatic N) is 3. The predicted octanol–water partition coefficient (Wildman–Crippen LogP) is 4.25. The van der Waals surface area contributed by atoms with Crippen molar-refractivity contribution in [3.05, 3.63) is 59.1 Å². The number of ether oxygens (including phenoxy) is 3. The van der Waals surface area contributed by atoms with Crippen LogP contribution in [0.3, 0.4) is 0 Å². The zero-order valence-corrected chi connectivity index (χ0v) is 17.7. The van der Waals surface area contributed by atoms with Crippen molar-refractivity contribution in [3.63, 3.8) is 0 Å². The van der Waals surface area contributed by atoms with Crippen LogP contribution in [-0.2, 0) is 20.4 Å². The van der Waals surface area contributed by atoms with Gasteiger partial charge in [0.25, 0.3) is 0 Å². The second-order valence-corrected chi connectivity index (χ2v) is 8.60. The summed E-state index contributed by atoms with van der Waals surface area (Å²) in [6.07, 6.45) is -5.50. The van der Waals surface area contributed by atoms with Crippen LogP contribution in [0, 0.1) is 0 Å². The van der Waals surface area contributed by atoms with Gasteiger partial charge in [0.2, 0.25) is 0 Å². The molecule has 2 fully saturated rings. The lowest BCUT2D eigenvalue weighted by Crippen LogP contribution is -2.34. The lowest BCUT2D eigenvalue weighted by molar-refractivity contribution is -0.207. The van der Waals surface area contributed by atoms with Crippen molar-refractivity contribution in [2.45, 2.75) is 56.5 Å². The first-order chi connectivity index (χ1) is 15.0. The molecule has 5 atom stereocenters. The molecule has 32 heavy (non-hydrogen) atoms. The van der Waals surface area contributed by atoms with E-state index >= 15 is 0 Å². The first kappa shape index (κ1) is 21.6. The number of aliphatic hydroxyl groups excluding tert-OH is 1. The van der Waals surface area contributed by atoms with E-state index in [2.05, 4.69) is 9.97 Å². The van der Waals surface area contributed by atoms with E-state index in [9.17, 15) is 18.3 Å². The van der Waals surface area contributed by atoms with Crippen LogP contribution in [0.5, 0.6) is 0 Å². The summed E-state index contributed by atoms with van der Waals surface area (Å²) in [6, 6.07) is 6.07. The van der Waals surface area contributed by atoms with E-state index in [1.54, 1.807) is 30.7 Å². The van der Waals surface area contributed by atoms with Gasteiger partial charge in [0, 0.05) is 6.20 Å². The number of fused-ring (bicyclic) bond motifs is 2. The summed E-state index contributed by atoms with van der Waals surface area (Å²) in [4.78, 5) is 8.25. The Balaban J connectivity index is 1.49. The Bertz CT molecular complexity index is 1150. The highest BCUT2D eigenvalue weighted by Gasteiger charge is 2.58. The topological polar surface area (TPSA) is 78.6 Å². The van der Waals surface area contributed by atoms with Crippen LogP contribution in [-0.4, -0.2) is 43.7 Å². The van der Waals surface area contributed by atoms with Crippen molar-refractivity contribution in [2.75, 3.05) is 0 Å². The van der Waals surface area contributed by atoms with Crippen LogP contribution in [0.4, 0.5) is 13.2 Å². The van der Waals surface area contributed by atoms with Gasteiger partial charge < -0.3 is 23.9 Å². The van der Waals surface area contributed by atoms with Crippen LogP contribution >= 0.6 is 11.6 Å². The first-order valence-corrected chi connectivity index (χ1v) is 10.3. The van der Waals surface area contributed by atoms with Crippen molar-refractivity contribution >= 4 is 22.6 Å². The van der Waals surface area contributed by atoms with E-state index in [0.717, 1.165) is 12.1 Å². The summed E-state index contributed by atoms with van der Waals surface area (Å²) >= 11 is 6.16. The molecule has 0 aliphatic carbocycles. The molecular weight excluding hydrogens is 451 g/mol. The molecule has 11 heteroatoms. The third-order valence-electron chi connectivity index (χ3n) is 5.69. The molecule has 0 amide bonds. The SMILES string of the molecule is CC1(C)O[C@@H]2[C@H](O1)[C@@H](C(O)c1ccc(C(F)(F)F)cc1)O[C@H]2n1ccc2c(Cl)ncnc21. The largest absolute Gasteiger partial charge is 0.416 e. The van der Waals surface area contributed by atoms with Gasteiger partial charge >= 0.3 is 6.18 Å². The average Bonchev–Trinajstić information content (AvgIpc) is 3.38. The van der Waals surface area contributed by atoms with Gasteiger partial charge in [0.05, 0.1) is 10.9 Å². The summed E-state index contributed by atoms with van der Waals surface area (Å²) in [5.41, 5.74) is -0.00124. The summed E-state index contributed by atoms with van der Waals surface area (Å²) < 4.78 is 58.7. The zero-order chi connectivity index (χ0) is 22.8. The highest BCUT2D eigenvalue weighted by atomic mass is 35.5. The second-order valence-electron chi connectivity index (χ2n) is 8.25. The molecule has 3 aromatic rings. The molecule has 170 valence electrons. The van der Waals surface area contributed by atoms with Gasteiger partial charge in [0.1, 0.15) is 41.5 Å². The fourth-order valence-corrected chi connectivity index (χ4v) is 4.48. The van der Waals surface area contributed by atoms with Gasteiger partial charge in [-0.15, -0.1) is 0 Å². The number of rotatable bonds is 3.